The number of amides is 1. The van der Waals surface area contributed by atoms with Gasteiger partial charge in [0, 0.05) is 6.54 Å². The van der Waals surface area contributed by atoms with Crippen LogP contribution >= 0.6 is 0 Å². The van der Waals surface area contributed by atoms with E-state index >= 15 is 0 Å². The third-order valence-electron chi connectivity index (χ3n) is 5.36. The SMILES string of the molecule is CCC(C(=O)NCc1ccc2ccccc2c1)N(c1ccc(C)c(C)c1)S(C)(=O)=O. The topological polar surface area (TPSA) is 66.5 Å². The summed E-state index contributed by atoms with van der Waals surface area (Å²) in [6, 6.07) is 18.7. The largest absolute Gasteiger partial charge is 0.350 e. The summed E-state index contributed by atoms with van der Waals surface area (Å²) >= 11 is 0. The first-order valence-corrected chi connectivity index (χ1v) is 11.9. The third-order valence-corrected chi connectivity index (χ3v) is 6.54. The molecule has 0 saturated heterocycles. The third kappa shape index (κ3) is 4.82. The number of anilines is 1. The van der Waals surface area contributed by atoms with Crippen molar-refractivity contribution in [2.45, 2.75) is 39.8 Å². The Morgan fingerprint density at radius 3 is 2.30 bits per heavy atom. The lowest BCUT2D eigenvalue weighted by molar-refractivity contribution is -0.122. The summed E-state index contributed by atoms with van der Waals surface area (Å²) in [6.45, 7) is 6.06. The number of fused-ring (bicyclic) bond motifs is 1. The van der Waals surface area contributed by atoms with Crippen molar-refractivity contribution in [3.63, 3.8) is 0 Å². The molecule has 0 aliphatic carbocycles. The molecule has 0 aliphatic rings. The Kier molecular flexibility index (Phi) is 6.46. The zero-order chi connectivity index (χ0) is 21.9. The van der Waals surface area contributed by atoms with Crippen molar-refractivity contribution in [2.24, 2.45) is 0 Å². The first-order valence-electron chi connectivity index (χ1n) is 10.0. The minimum Gasteiger partial charge on any atom is -0.350 e. The number of benzene rings is 3. The number of nitrogens with zero attached hydrogens (tertiary/aromatic N) is 1. The van der Waals surface area contributed by atoms with Gasteiger partial charge in [0.05, 0.1) is 11.9 Å². The van der Waals surface area contributed by atoms with Gasteiger partial charge in [-0.05, 0) is 65.9 Å². The van der Waals surface area contributed by atoms with Gasteiger partial charge in [-0.1, -0.05) is 49.4 Å². The average molecular weight is 425 g/mol. The molecule has 6 heteroatoms. The van der Waals surface area contributed by atoms with Gasteiger partial charge in [-0.3, -0.25) is 9.10 Å². The minimum absolute atomic E-state index is 0.311. The van der Waals surface area contributed by atoms with Gasteiger partial charge >= 0.3 is 0 Å². The van der Waals surface area contributed by atoms with Crippen LogP contribution in [0.2, 0.25) is 0 Å². The van der Waals surface area contributed by atoms with Gasteiger partial charge in [0.25, 0.3) is 0 Å². The van der Waals surface area contributed by atoms with Crippen LogP contribution < -0.4 is 9.62 Å². The summed E-state index contributed by atoms with van der Waals surface area (Å²) < 4.78 is 26.4. The van der Waals surface area contributed by atoms with E-state index in [2.05, 4.69) is 5.32 Å². The predicted octanol–water partition coefficient (Wildman–Crippen LogP) is 4.32. The highest BCUT2D eigenvalue weighted by Crippen LogP contribution is 2.25. The fraction of sp³-hybridized carbons (Fsp3) is 0.292. The second-order valence-electron chi connectivity index (χ2n) is 7.65. The Hall–Kier alpha value is -2.86. The van der Waals surface area contributed by atoms with Gasteiger partial charge in [-0.2, -0.15) is 0 Å². The summed E-state index contributed by atoms with van der Waals surface area (Å²) in [7, 11) is -3.64. The van der Waals surface area contributed by atoms with Gasteiger partial charge < -0.3 is 5.32 Å². The van der Waals surface area contributed by atoms with Crippen LogP contribution in [0.25, 0.3) is 10.8 Å². The molecule has 3 aromatic rings. The van der Waals surface area contributed by atoms with Gasteiger partial charge in [0.2, 0.25) is 15.9 Å². The number of hydrogen-bond acceptors (Lipinski definition) is 3. The zero-order valence-electron chi connectivity index (χ0n) is 17.8. The first-order chi connectivity index (χ1) is 14.2. The number of rotatable bonds is 7. The van der Waals surface area contributed by atoms with E-state index in [0.717, 1.165) is 33.7 Å². The predicted molar refractivity (Wildman–Crippen MR) is 123 cm³/mol. The molecule has 1 amide bonds. The lowest BCUT2D eigenvalue weighted by atomic mass is 10.1. The van der Waals surface area contributed by atoms with Crippen molar-refractivity contribution in [1.82, 2.24) is 5.32 Å². The summed E-state index contributed by atoms with van der Waals surface area (Å²) in [5, 5.41) is 5.16. The molecule has 0 heterocycles. The van der Waals surface area contributed by atoms with E-state index in [-0.39, 0.29) is 5.91 Å². The fourth-order valence-corrected chi connectivity index (χ4v) is 4.78. The maximum absolute atomic E-state index is 13.0. The van der Waals surface area contributed by atoms with Gasteiger partial charge in [0.15, 0.2) is 0 Å². The van der Waals surface area contributed by atoms with Crippen LogP contribution in [0.15, 0.2) is 60.7 Å². The number of aryl methyl sites for hydroxylation is 2. The van der Waals surface area contributed by atoms with Crippen molar-refractivity contribution >= 4 is 32.4 Å². The molecule has 3 rings (SSSR count). The molecule has 1 unspecified atom stereocenters. The van der Waals surface area contributed by atoms with E-state index in [1.165, 1.54) is 4.31 Å². The standard InChI is InChI=1S/C24H28N2O3S/c1-5-23(26(30(4,28)29)22-13-10-17(2)18(3)14-22)24(27)25-16-19-11-12-20-8-6-7-9-21(20)15-19/h6-15,23H,5,16H2,1-4H3,(H,25,27). The van der Waals surface area contributed by atoms with E-state index in [4.69, 9.17) is 0 Å². The fourth-order valence-electron chi connectivity index (χ4n) is 3.58. The van der Waals surface area contributed by atoms with Crippen molar-refractivity contribution in [3.8, 4) is 0 Å². The molecule has 1 N–H and O–H groups in total. The number of sulfonamides is 1. The summed E-state index contributed by atoms with van der Waals surface area (Å²) in [4.78, 5) is 13.0. The van der Waals surface area contributed by atoms with Crippen LogP contribution in [0.3, 0.4) is 0 Å². The van der Waals surface area contributed by atoms with E-state index in [0.29, 0.717) is 18.7 Å². The smallest absolute Gasteiger partial charge is 0.244 e. The second-order valence-corrected chi connectivity index (χ2v) is 9.51. The Morgan fingerprint density at radius 2 is 1.67 bits per heavy atom. The highest BCUT2D eigenvalue weighted by Gasteiger charge is 2.31. The molecule has 0 bridgehead atoms. The Balaban J connectivity index is 1.83. The summed E-state index contributed by atoms with van der Waals surface area (Å²) in [5.41, 5.74) is 3.52. The maximum atomic E-state index is 13.0. The van der Waals surface area contributed by atoms with Crippen molar-refractivity contribution in [2.75, 3.05) is 10.6 Å². The lowest BCUT2D eigenvalue weighted by Crippen LogP contribution is -2.49. The van der Waals surface area contributed by atoms with Crippen LogP contribution in [0, 0.1) is 13.8 Å². The van der Waals surface area contributed by atoms with Gasteiger partial charge in [0.1, 0.15) is 6.04 Å². The molecule has 0 spiro atoms. The van der Waals surface area contributed by atoms with Gasteiger partial charge in [-0.25, -0.2) is 8.42 Å². The Bertz CT molecular complexity index is 1170. The highest BCUT2D eigenvalue weighted by molar-refractivity contribution is 7.92. The van der Waals surface area contributed by atoms with Crippen LogP contribution in [0.1, 0.15) is 30.0 Å². The molecular weight excluding hydrogens is 396 g/mol. The number of carbonyl (C=O) groups excluding carboxylic acids is 1. The number of hydrogen-bond donors (Lipinski definition) is 1. The molecular formula is C24H28N2O3S. The van der Waals surface area contributed by atoms with Gasteiger partial charge in [-0.15, -0.1) is 0 Å². The van der Waals surface area contributed by atoms with Crippen molar-refractivity contribution < 1.29 is 13.2 Å². The van der Waals surface area contributed by atoms with Crippen LogP contribution in [0.4, 0.5) is 5.69 Å². The van der Waals surface area contributed by atoms with Crippen molar-refractivity contribution in [1.29, 1.82) is 0 Å². The number of carbonyl (C=O) groups is 1. The number of nitrogens with one attached hydrogen (secondary N) is 1. The molecule has 0 aromatic heterocycles. The van der Waals surface area contributed by atoms with Crippen LogP contribution in [-0.2, 0) is 21.4 Å². The molecule has 5 nitrogen and oxygen atoms in total. The molecule has 30 heavy (non-hydrogen) atoms. The van der Waals surface area contributed by atoms with Crippen molar-refractivity contribution in [3.05, 3.63) is 77.4 Å². The van der Waals surface area contributed by atoms with E-state index < -0.39 is 16.1 Å². The summed E-state index contributed by atoms with van der Waals surface area (Å²) in [6.07, 6.45) is 1.50. The van der Waals surface area contributed by atoms with E-state index in [1.807, 2.05) is 75.4 Å². The highest BCUT2D eigenvalue weighted by atomic mass is 32.2. The monoisotopic (exact) mass is 424 g/mol. The Labute approximate surface area is 178 Å². The van der Waals surface area contributed by atoms with Crippen LogP contribution in [-0.4, -0.2) is 26.6 Å². The second kappa shape index (κ2) is 8.88. The molecule has 158 valence electrons. The lowest BCUT2D eigenvalue weighted by Gasteiger charge is -2.30. The maximum Gasteiger partial charge on any atom is 0.244 e. The molecule has 0 fully saturated rings. The molecule has 0 aliphatic heterocycles. The Morgan fingerprint density at radius 1 is 0.967 bits per heavy atom. The van der Waals surface area contributed by atoms with Crippen LogP contribution in [0.5, 0.6) is 0 Å². The molecule has 1 atom stereocenters. The first kappa shape index (κ1) is 21.8. The molecule has 0 saturated carbocycles. The van der Waals surface area contributed by atoms with E-state index in [1.54, 1.807) is 6.07 Å². The summed E-state index contributed by atoms with van der Waals surface area (Å²) in [5.74, 6) is -0.311. The van der Waals surface area contributed by atoms with E-state index in [9.17, 15) is 13.2 Å². The molecule has 0 radical (unpaired) electrons. The minimum atomic E-state index is -3.64. The quantitative estimate of drug-likeness (QED) is 0.614. The molecule has 3 aromatic carbocycles. The zero-order valence-corrected chi connectivity index (χ0v) is 18.7. The average Bonchev–Trinajstić information content (AvgIpc) is 2.71. The normalized spacial score (nSPS) is 12.5.